The van der Waals surface area contributed by atoms with Gasteiger partial charge in [0.1, 0.15) is 5.82 Å². The maximum atomic E-state index is 13.6. The summed E-state index contributed by atoms with van der Waals surface area (Å²) in [7, 11) is 0. The topological polar surface area (TPSA) is 47.6 Å². The molecule has 0 radical (unpaired) electrons. The third-order valence-corrected chi connectivity index (χ3v) is 2.61. The lowest BCUT2D eigenvalue weighted by Crippen LogP contribution is -2.49. The second kappa shape index (κ2) is 7.09. The van der Waals surface area contributed by atoms with Crippen molar-refractivity contribution in [1.82, 2.24) is 0 Å². The molecule has 5 heteroatoms. The van der Waals surface area contributed by atoms with Crippen LogP contribution < -0.4 is 5.32 Å². The molecular weight excluding hydrogens is 249 g/mol. The summed E-state index contributed by atoms with van der Waals surface area (Å²) < 4.78 is 23.9. The number of para-hydroxylation sites is 1. The maximum absolute atomic E-state index is 13.6. The molecule has 0 aliphatic carbocycles. The Bertz CT molecular complexity index is 425. The van der Waals surface area contributed by atoms with E-state index in [1.54, 1.807) is 32.0 Å². The number of nitrogens with one attached hydrogen (secondary N) is 1. The van der Waals surface area contributed by atoms with E-state index in [1.165, 1.54) is 6.07 Å². The smallest absolute Gasteiger partial charge is 0.333 e. The highest BCUT2D eigenvalue weighted by molar-refractivity contribution is 5.84. The van der Waals surface area contributed by atoms with Crippen LogP contribution in [0.25, 0.3) is 0 Å². The lowest BCUT2D eigenvalue weighted by molar-refractivity contribution is -0.150. The fourth-order valence-corrected chi connectivity index (χ4v) is 1.60. The molecule has 19 heavy (non-hydrogen) atoms. The van der Waals surface area contributed by atoms with Crippen LogP contribution in [0.15, 0.2) is 24.3 Å². The van der Waals surface area contributed by atoms with Gasteiger partial charge in [0.2, 0.25) is 0 Å². The first-order valence-electron chi connectivity index (χ1n) is 6.31. The number of carbonyl (C=O) groups excluding carboxylic acids is 1. The van der Waals surface area contributed by atoms with Gasteiger partial charge in [-0.1, -0.05) is 12.1 Å². The number of benzene rings is 1. The fourth-order valence-electron chi connectivity index (χ4n) is 1.60. The lowest BCUT2D eigenvalue weighted by atomic mass is 10.0. The number of carbonyl (C=O) groups is 1. The van der Waals surface area contributed by atoms with Gasteiger partial charge in [-0.25, -0.2) is 9.18 Å². The first-order chi connectivity index (χ1) is 9.03. The van der Waals surface area contributed by atoms with E-state index in [4.69, 9.17) is 9.47 Å². The fraction of sp³-hybridized carbons (Fsp3) is 0.500. The predicted octanol–water partition coefficient (Wildman–Crippen LogP) is 2.60. The number of halogens is 1. The molecule has 0 aliphatic heterocycles. The van der Waals surface area contributed by atoms with Gasteiger partial charge in [-0.2, -0.15) is 0 Å². The molecule has 1 aromatic carbocycles. The Kier molecular flexibility index (Phi) is 5.76. The zero-order valence-corrected chi connectivity index (χ0v) is 11.5. The number of anilines is 1. The number of ether oxygens (including phenoxy) is 2. The summed E-state index contributed by atoms with van der Waals surface area (Å²) in [6, 6.07) is 6.18. The molecule has 0 saturated carbocycles. The van der Waals surface area contributed by atoms with Crippen molar-refractivity contribution in [2.45, 2.75) is 26.3 Å². The zero-order chi connectivity index (χ0) is 14.3. The maximum Gasteiger partial charge on any atom is 0.333 e. The van der Waals surface area contributed by atoms with Crippen LogP contribution in [0.1, 0.15) is 20.8 Å². The summed E-state index contributed by atoms with van der Waals surface area (Å²) in [5.41, 5.74) is -0.869. The molecule has 0 bridgehead atoms. The van der Waals surface area contributed by atoms with Crippen molar-refractivity contribution in [3.8, 4) is 0 Å². The summed E-state index contributed by atoms with van der Waals surface area (Å²) in [5.74, 6) is -0.888. The van der Waals surface area contributed by atoms with E-state index in [2.05, 4.69) is 5.32 Å². The molecule has 1 N–H and O–H groups in total. The van der Waals surface area contributed by atoms with Gasteiger partial charge in [0.15, 0.2) is 5.54 Å². The molecule has 0 heterocycles. The highest BCUT2D eigenvalue weighted by Crippen LogP contribution is 2.20. The Morgan fingerprint density at radius 2 is 2.00 bits per heavy atom. The van der Waals surface area contributed by atoms with Crippen LogP contribution in [0.2, 0.25) is 0 Å². The molecule has 1 atom stereocenters. The van der Waals surface area contributed by atoms with Crippen LogP contribution in [-0.2, 0) is 14.3 Å². The van der Waals surface area contributed by atoms with Gasteiger partial charge in [-0.3, -0.25) is 0 Å². The third kappa shape index (κ3) is 4.21. The van der Waals surface area contributed by atoms with Gasteiger partial charge in [0, 0.05) is 6.61 Å². The van der Waals surface area contributed by atoms with E-state index < -0.39 is 17.3 Å². The first kappa shape index (κ1) is 15.4. The van der Waals surface area contributed by atoms with Crippen molar-refractivity contribution in [2.75, 3.05) is 25.1 Å². The molecule has 0 amide bonds. The van der Waals surface area contributed by atoms with Crippen LogP contribution in [0.5, 0.6) is 0 Å². The molecule has 0 aromatic heterocycles. The molecule has 0 fully saturated rings. The van der Waals surface area contributed by atoms with Crippen LogP contribution in [0.3, 0.4) is 0 Å². The van der Waals surface area contributed by atoms with Crippen molar-refractivity contribution >= 4 is 11.7 Å². The van der Waals surface area contributed by atoms with Crippen LogP contribution in [0.4, 0.5) is 10.1 Å². The Hall–Kier alpha value is -1.62. The number of hydrogen-bond donors (Lipinski definition) is 1. The van der Waals surface area contributed by atoms with Crippen LogP contribution in [0, 0.1) is 5.82 Å². The van der Waals surface area contributed by atoms with E-state index in [9.17, 15) is 9.18 Å². The minimum atomic E-state index is -1.12. The average Bonchev–Trinajstić information content (AvgIpc) is 2.39. The largest absolute Gasteiger partial charge is 0.464 e. The van der Waals surface area contributed by atoms with Gasteiger partial charge in [0.05, 0.1) is 18.9 Å². The number of hydrogen-bond acceptors (Lipinski definition) is 4. The van der Waals surface area contributed by atoms with Crippen molar-refractivity contribution < 1.29 is 18.7 Å². The van der Waals surface area contributed by atoms with Gasteiger partial charge in [-0.05, 0) is 32.9 Å². The van der Waals surface area contributed by atoms with Crippen molar-refractivity contribution in [1.29, 1.82) is 0 Å². The summed E-state index contributed by atoms with van der Waals surface area (Å²) >= 11 is 0. The molecule has 4 nitrogen and oxygen atoms in total. The summed E-state index contributed by atoms with van der Waals surface area (Å²) in [5, 5.41) is 2.87. The van der Waals surface area contributed by atoms with E-state index in [0.717, 1.165) is 0 Å². The molecule has 1 unspecified atom stereocenters. The minimum Gasteiger partial charge on any atom is -0.464 e. The highest BCUT2D eigenvalue weighted by atomic mass is 19.1. The second-order valence-electron chi connectivity index (χ2n) is 4.29. The molecule has 106 valence electrons. The van der Waals surface area contributed by atoms with Gasteiger partial charge < -0.3 is 14.8 Å². The molecular formula is C14H20FNO3. The van der Waals surface area contributed by atoms with Gasteiger partial charge >= 0.3 is 5.97 Å². The molecule has 1 rings (SSSR count). The molecule has 0 aliphatic rings. The SMILES string of the molecule is CCOCC(C)(Nc1ccccc1F)C(=O)OCC. The standard InChI is InChI=1S/C14H20FNO3/c1-4-18-10-14(3,13(17)19-5-2)16-12-9-7-6-8-11(12)15/h6-9,16H,4-5,10H2,1-3H3. The molecule has 1 aromatic rings. The van der Waals surface area contributed by atoms with Crippen molar-refractivity contribution in [2.24, 2.45) is 0 Å². The minimum absolute atomic E-state index is 0.108. The summed E-state index contributed by atoms with van der Waals surface area (Å²) in [6.07, 6.45) is 0. The quantitative estimate of drug-likeness (QED) is 0.773. The average molecular weight is 269 g/mol. The Morgan fingerprint density at radius 1 is 1.32 bits per heavy atom. The summed E-state index contributed by atoms with van der Waals surface area (Å²) in [6.45, 7) is 6.02. The number of esters is 1. The number of rotatable bonds is 7. The Labute approximate surface area is 112 Å². The van der Waals surface area contributed by atoms with E-state index in [-0.39, 0.29) is 18.9 Å². The van der Waals surface area contributed by atoms with E-state index in [0.29, 0.717) is 6.61 Å². The third-order valence-electron chi connectivity index (χ3n) is 2.61. The predicted molar refractivity (Wildman–Crippen MR) is 71.6 cm³/mol. The van der Waals surface area contributed by atoms with Crippen molar-refractivity contribution in [3.63, 3.8) is 0 Å². The lowest BCUT2D eigenvalue weighted by Gasteiger charge is -2.29. The second-order valence-corrected chi connectivity index (χ2v) is 4.29. The Balaban J connectivity index is 2.91. The zero-order valence-electron chi connectivity index (χ0n) is 11.5. The van der Waals surface area contributed by atoms with Crippen LogP contribution >= 0.6 is 0 Å². The van der Waals surface area contributed by atoms with Crippen LogP contribution in [-0.4, -0.2) is 31.3 Å². The summed E-state index contributed by atoms with van der Waals surface area (Å²) in [4.78, 5) is 12.0. The normalized spacial score (nSPS) is 13.7. The molecule has 0 spiro atoms. The highest BCUT2D eigenvalue weighted by Gasteiger charge is 2.35. The van der Waals surface area contributed by atoms with Gasteiger partial charge in [-0.15, -0.1) is 0 Å². The Morgan fingerprint density at radius 3 is 2.58 bits per heavy atom. The van der Waals surface area contributed by atoms with E-state index >= 15 is 0 Å². The van der Waals surface area contributed by atoms with Gasteiger partial charge in [0.25, 0.3) is 0 Å². The van der Waals surface area contributed by atoms with Crippen molar-refractivity contribution in [3.05, 3.63) is 30.1 Å². The first-order valence-corrected chi connectivity index (χ1v) is 6.31. The van der Waals surface area contributed by atoms with E-state index in [1.807, 2.05) is 6.92 Å². The molecule has 0 saturated heterocycles. The monoisotopic (exact) mass is 269 g/mol.